The maximum absolute atomic E-state index is 12.3. The molecule has 1 rings (SSSR count). The van der Waals surface area contributed by atoms with Crippen molar-refractivity contribution in [3.63, 3.8) is 0 Å². The van der Waals surface area contributed by atoms with Gasteiger partial charge in [-0.05, 0) is 24.1 Å². The number of carboxylic acids is 2. The number of halogens is 2. The van der Waals surface area contributed by atoms with Crippen LogP contribution in [0.3, 0.4) is 0 Å². The molecular formula is C13H12F2O5. The number of rotatable bonds is 7. The molecule has 1 aromatic rings. The molecule has 0 heterocycles. The first-order chi connectivity index (χ1) is 9.40. The molecule has 20 heavy (non-hydrogen) atoms. The Balaban J connectivity index is 3.13. The number of benzene rings is 1. The van der Waals surface area contributed by atoms with Gasteiger partial charge in [0.25, 0.3) is 0 Å². The van der Waals surface area contributed by atoms with Crippen molar-refractivity contribution in [1.82, 2.24) is 0 Å². The Kier molecular flexibility index (Phi) is 5.64. The predicted octanol–water partition coefficient (Wildman–Crippen LogP) is 2.40. The molecule has 0 atom stereocenters. The second kappa shape index (κ2) is 7.22. The van der Waals surface area contributed by atoms with Gasteiger partial charge in [0.2, 0.25) is 0 Å². The van der Waals surface area contributed by atoms with Crippen molar-refractivity contribution in [3.05, 3.63) is 35.4 Å². The summed E-state index contributed by atoms with van der Waals surface area (Å²) in [5.74, 6) is -2.49. The minimum absolute atomic E-state index is 0.0784. The van der Waals surface area contributed by atoms with E-state index in [0.29, 0.717) is 5.56 Å². The van der Waals surface area contributed by atoms with Crippen LogP contribution in [0.4, 0.5) is 8.78 Å². The zero-order chi connectivity index (χ0) is 15.1. The molecule has 0 aliphatic carbocycles. The Bertz CT molecular complexity index is 525. The second-order valence-electron chi connectivity index (χ2n) is 3.77. The summed E-state index contributed by atoms with van der Waals surface area (Å²) < 4.78 is 28.9. The minimum atomic E-state index is -3.05. The van der Waals surface area contributed by atoms with Gasteiger partial charge in [0.05, 0.1) is 0 Å². The van der Waals surface area contributed by atoms with E-state index in [1.165, 1.54) is 18.2 Å². The first kappa shape index (κ1) is 15.6. The number of ether oxygens (including phenoxy) is 1. The third kappa shape index (κ3) is 5.05. The van der Waals surface area contributed by atoms with Crippen molar-refractivity contribution in [1.29, 1.82) is 0 Å². The van der Waals surface area contributed by atoms with E-state index in [1.807, 2.05) is 0 Å². The lowest BCUT2D eigenvalue weighted by Gasteiger charge is -2.12. The van der Waals surface area contributed by atoms with E-state index in [9.17, 15) is 18.4 Å². The summed E-state index contributed by atoms with van der Waals surface area (Å²) in [5, 5.41) is 17.2. The quantitative estimate of drug-likeness (QED) is 0.752. The van der Waals surface area contributed by atoms with Gasteiger partial charge in [0.1, 0.15) is 5.75 Å². The average Bonchev–Trinajstić information content (AvgIpc) is 2.34. The Morgan fingerprint density at radius 2 is 2.00 bits per heavy atom. The molecule has 1 aromatic carbocycles. The summed E-state index contributed by atoms with van der Waals surface area (Å²) >= 11 is 0. The maximum Gasteiger partial charge on any atom is 0.387 e. The van der Waals surface area contributed by atoms with Gasteiger partial charge in [0.15, 0.2) is 0 Å². The molecule has 0 saturated carbocycles. The highest BCUT2D eigenvalue weighted by Crippen LogP contribution is 2.26. The molecule has 0 fully saturated rings. The lowest BCUT2D eigenvalue weighted by Crippen LogP contribution is -2.06. The standard InChI is InChI=1S/C13H12F2O5/c14-13(15)20-10-3-1-2-8(4-6-11(16)17)9(10)5-7-12(18)19/h1-3,5,7,13H,4,6H2,(H,16,17)(H,18,19)/b7-5+. The van der Waals surface area contributed by atoms with Crippen LogP contribution in [-0.4, -0.2) is 28.8 Å². The van der Waals surface area contributed by atoms with Gasteiger partial charge >= 0.3 is 18.6 Å². The zero-order valence-corrected chi connectivity index (χ0v) is 10.3. The number of hydrogen-bond acceptors (Lipinski definition) is 3. The van der Waals surface area contributed by atoms with E-state index in [-0.39, 0.29) is 24.2 Å². The van der Waals surface area contributed by atoms with Gasteiger partial charge in [-0.2, -0.15) is 8.78 Å². The molecule has 0 aliphatic rings. The topological polar surface area (TPSA) is 83.8 Å². The summed E-state index contributed by atoms with van der Waals surface area (Å²) in [6.45, 7) is -3.05. The van der Waals surface area contributed by atoms with Crippen LogP contribution in [0.2, 0.25) is 0 Å². The molecule has 108 valence electrons. The number of carbonyl (C=O) groups is 2. The Morgan fingerprint density at radius 3 is 2.55 bits per heavy atom. The van der Waals surface area contributed by atoms with Crippen molar-refractivity contribution in [2.45, 2.75) is 19.5 Å². The van der Waals surface area contributed by atoms with E-state index in [0.717, 1.165) is 12.2 Å². The molecule has 0 aliphatic heterocycles. The molecule has 0 spiro atoms. The van der Waals surface area contributed by atoms with Crippen LogP contribution in [0.5, 0.6) is 5.75 Å². The van der Waals surface area contributed by atoms with Gasteiger partial charge in [0, 0.05) is 18.1 Å². The van der Waals surface area contributed by atoms with Gasteiger partial charge in [-0.1, -0.05) is 12.1 Å². The van der Waals surface area contributed by atoms with Crippen molar-refractivity contribution in [2.24, 2.45) is 0 Å². The molecule has 7 heteroatoms. The van der Waals surface area contributed by atoms with Crippen LogP contribution in [-0.2, 0) is 16.0 Å². The maximum atomic E-state index is 12.3. The third-order valence-corrected chi connectivity index (χ3v) is 2.37. The predicted molar refractivity (Wildman–Crippen MR) is 65.7 cm³/mol. The largest absolute Gasteiger partial charge is 0.481 e. The van der Waals surface area contributed by atoms with E-state index in [2.05, 4.69) is 4.74 Å². The molecular weight excluding hydrogens is 274 g/mol. The average molecular weight is 286 g/mol. The number of carboxylic acid groups (broad SMARTS) is 2. The summed E-state index contributed by atoms with van der Waals surface area (Å²) in [6.07, 6.45) is 1.76. The fraction of sp³-hybridized carbons (Fsp3) is 0.231. The van der Waals surface area contributed by atoms with Crippen molar-refractivity contribution in [2.75, 3.05) is 0 Å². The van der Waals surface area contributed by atoms with Crippen LogP contribution in [0, 0.1) is 0 Å². The Labute approximate surface area is 113 Å². The fourth-order valence-electron chi connectivity index (χ4n) is 1.59. The number of alkyl halides is 2. The summed E-state index contributed by atoms with van der Waals surface area (Å²) in [4.78, 5) is 21.1. The van der Waals surface area contributed by atoms with E-state index >= 15 is 0 Å². The normalized spacial score (nSPS) is 10.9. The van der Waals surface area contributed by atoms with Gasteiger partial charge < -0.3 is 14.9 Å². The molecule has 5 nitrogen and oxygen atoms in total. The van der Waals surface area contributed by atoms with Crippen molar-refractivity contribution < 1.29 is 33.3 Å². The van der Waals surface area contributed by atoms with E-state index in [4.69, 9.17) is 10.2 Å². The van der Waals surface area contributed by atoms with Crippen LogP contribution in [0.1, 0.15) is 17.5 Å². The minimum Gasteiger partial charge on any atom is -0.481 e. The highest BCUT2D eigenvalue weighted by atomic mass is 19.3. The molecule has 0 unspecified atom stereocenters. The van der Waals surface area contributed by atoms with Gasteiger partial charge in [-0.3, -0.25) is 4.79 Å². The second-order valence-corrected chi connectivity index (χ2v) is 3.77. The lowest BCUT2D eigenvalue weighted by atomic mass is 10.0. The Hall–Kier alpha value is -2.44. The first-order valence-corrected chi connectivity index (χ1v) is 5.59. The van der Waals surface area contributed by atoms with E-state index < -0.39 is 18.6 Å². The highest BCUT2D eigenvalue weighted by molar-refractivity contribution is 5.86. The first-order valence-electron chi connectivity index (χ1n) is 5.59. The van der Waals surface area contributed by atoms with Crippen LogP contribution in [0.15, 0.2) is 24.3 Å². The number of aliphatic carboxylic acids is 2. The fourth-order valence-corrected chi connectivity index (χ4v) is 1.59. The van der Waals surface area contributed by atoms with Crippen LogP contribution >= 0.6 is 0 Å². The van der Waals surface area contributed by atoms with Crippen molar-refractivity contribution >= 4 is 18.0 Å². The van der Waals surface area contributed by atoms with Gasteiger partial charge in [-0.15, -0.1) is 0 Å². The monoisotopic (exact) mass is 286 g/mol. The molecule has 0 saturated heterocycles. The smallest absolute Gasteiger partial charge is 0.387 e. The third-order valence-electron chi connectivity index (χ3n) is 2.37. The molecule has 0 amide bonds. The Morgan fingerprint density at radius 1 is 1.30 bits per heavy atom. The zero-order valence-electron chi connectivity index (χ0n) is 10.3. The molecule has 2 N–H and O–H groups in total. The highest BCUT2D eigenvalue weighted by Gasteiger charge is 2.12. The van der Waals surface area contributed by atoms with E-state index in [1.54, 1.807) is 0 Å². The number of aryl methyl sites for hydroxylation is 1. The molecule has 0 bridgehead atoms. The summed E-state index contributed by atoms with van der Waals surface area (Å²) in [5.41, 5.74) is 0.555. The lowest BCUT2D eigenvalue weighted by molar-refractivity contribution is -0.137. The molecule has 0 radical (unpaired) electrons. The SMILES string of the molecule is O=C(O)/C=C/c1c(CCC(=O)O)cccc1OC(F)F. The van der Waals surface area contributed by atoms with Crippen LogP contribution in [0.25, 0.3) is 6.08 Å². The molecule has 0 aromatic heterocycles. The summed E-state index contributed by atoms with van der Waals surface area (Å²) in [6, 6.07) is 4.23. The van der Waals surface area contributed by atoms with Crippen molar-refractivity contribution in [3.8, 4) is 5.75 Å². The summed E-state index contributed by atoms with van der Waals surface area (Å²) in [7, 11) is 0. The van der Waals surface area contributed by atoms with Gasteiger partial charge in [-0.25, -0.2) is 4.79 Å². The van der Waals surface area contributed by atoms with Crippen LogP contribution < -0.4 is 4.74 Å². The number of hydrogen-bond donors (Lipinski definition) is 2.